The SMILES string of the molecule is CCOc1ccc(NC(=NCCc2c[nH]c3ccccc23)NC(=O)c2cccc(C)c2)cc1. The zero-order valence-corrected chi connectivity index (χ0v) is 18.9. The van der Waals surface area contributed by atoms with Gasteiger partial charge >= 0.3 is 0 Å². The summed E-state index contributed by atoms with van der Waals surface area (Å²) in [6.45, 7) is 5.05. The van der Waals surface area contributed by atoms with E-state index in [0.717, 1.165) is 28.9 Å². The van der Waals surface area contributed by atoms with Gasteiger partial charge in [0.05, 0.1) is 6.61 Å². The first kappa shape index (κ1) is 22.1. The van der Waals surface area contributed by atoms with Crippen LogP contribution >= 0.6 is 0 Å². The van der Waals surface area contributed by atoms with E-state index in [2.05, 4.69) is 32.7 Å². The Hall–Kier alpha value is -4.06. The molecule has 0 saturated carbocycles. The van der Waals surface area contributed by atoms with E-state index in [0.29, 0.717) is 24.7 Å². The first-order chi connectivity index (χ1) is 16.1. The topological polar surface area (TPSA) is 78.5 Å². The fraction of sp³-hybridized carbons (Fsp3) is 0.185. The summed E-state index contributed by atoms with van der Waals surface area (Å²) >= 11 is 0. The number of ether oxygens (including phenoxy) is 1. The van der Waals surface area contributed by atoms with E-state index in [1.165, 1.54) is 10.9 Å². The summed E-state index contributed by atoms with van der Waals surface area (Å²) in [7, 11) is 0. The molecule has 0 atom stereocenters. The highest BCUT2D eigenvalue weighted by molar-refractivity contribution is 6.10. The Bertz CT molecular complexity index is 1260. The average molecular weight is 441 g/mol. The lowest BCUT2D eigenvalue weighted by atomic mass is 10.1. The summed E-state index contributed by atoms with van der Waals surface area (Å²) in [5, 5.41) is 7.35. The van der Waals surface area contributed by atoms with Gasteiger partial charge in [-0.3, -0.25) is 15.1 Å². The Labute approximate surface area is 193 Å². The van der Waals surface area contributed by atoms with E-state index >= 15 is 0 Å². The molecule has 1 heterocycles. The molecule has 1 amide bonds. The Balaban J connectivity index is 1.51. The molecular formula is C27H28N4O2. The molecule has 0 fully saturated rings. The number of hydrogen-bond donors (Lipinski definition) is 3. The molecule has 1 aromatic heterocycles. The third-order valence-corrected chi connectivity index (χ3v) is 5.27. The Morgan fingerprint density at radius 1 is 1.03 bits per heavy atom. The molecule has 33 heavy (non-hydrogen) atoms. The third kappa shape index (κ3) is 5.80. The molecule has 4 rings (SSSR count). The number of para-hydroxylation sites is 1. The molecule has 0 aliphatic rings. The molecule has 168 valence electrons. The highest BCUT2D eigenvalue weighted by Crippen LogP contribution is 2.18. The first-order valence-electron chi connectivity index (χ1n) is 11.1. The molecule has 6 nitrogen and oxygen atoms in total. The number of hydrogen-bond acceptors (Lipinski definition) is 3. The van der Waals surface area contributed by atoms with Gasteiger partial charge in [0.25, 0.3) is 5.91 Å². The van der Waals surface area contributed by atoms with Crippen LogP contribution in [0.15, 0.2) is 84.0 Å². The van der Waals surface area contributed by atoms with E-state index in [9.17, 15) is 4.79 Å². The molecule has 3 N–H and O–H groups in total. The Morgan fingerprint density at radius 2 is 1.85 bits per heavy atom. The van der Waals surface area contributed by atoms with Crippen molar-refractivity contribution in [3.8, 4) is 5.75 Å². The van der Waals surface area contributed by atoms with E-state index in [1.807, 2.05) is 74.6 Å². The molecular weight excluding hydrogens is 412 g/mol. The maximum Gasteiger partial charge on any atom is 0.257 e. The maximum absolute atomic E-state index is 12.8. The lowest BCUT2D eigenvalue weighted by Crippen LogP contribution is -2.36. The van der Waals surface area contributed by atoms with Crippen molar-refractivity contribution in [1.29, 1.82) is 0 Å². The number of aryl methyl sites for hydroxylation is 1. The molecule has 0 bridgehead atoms. The number of guanidine groups is 1. The van der Waals surface area contributed by atoms with Crippen molar-refractivity contribution in [2.24, 2.45) is 4.99 Å². The molecule has 0 radical (unpaired) electrons. The number of rotatable bonds is 7. The van der Waals surface area contributed by atoms with Crippen LogP contribution < -0.4 is 15.4 Å². The van der Waals surface area contributed by atoms with Crippen molar-refractivity contribution >= 4 is 28.5 Å². The minimum atomic E-state index is -0.206. The van der Waals surface area contributed by atoms with Gasteiger partial charge in [0.15, 0.2) is 0 Å². The van der Waals surface area contributed by atoms with Crippen molar-refractivity contribution in [2.45, 2.75) is 20.3 Å². The smallest absolute Gasteiger partial charge is 0.257 e. The Morgan fingerprint density at radius 3 is 2.64 bits per heavy atom. The summed E-state index contributed by atoms with van der Waals surface area (Å²) in [4.78, 5) is 20.8. The second kappa shape index (κ2) is 10.5. The number of aliphatic imine (C=N–C) groups is 1. The summed E-state index contributed by atoms with van der Waals surface area (Å²) in [6.07, 6.45) is 2.77. The zero-order chi connectivity index (χ0) is 23.0. The lowest BCUT2D eigenvalue weighted by molar-refractivity contribution is 0.0977. The van der Waals surface area contributed by atoms with Gasteiger partial charge < -0.3 is 15.0 Å². The second-order valence-electron chi connectivity index (χ2n) is 7.75. The summed E-state index contributed by atoms with van der Waals surface area (Å²) in [5.74, 6) is 0.998. The van der Waals surface area contributed by atoms with Gasteiger partial charge in [0, 0.05) is 34.9 Å². The van der Waals surface area contributed by atoms with Gasteiger partial charge in [-0.15, -0.1) is 0 Å². The van der Waals surface area contributed by atoms with Crippen molar-refractivity contribution in [1.82, 2.24) is 10.3 Å². The van der Waals surface area contributed by atoms with E-state index in [4.69, 9.17) is 4.74 Å². The summed E-state index contributed by atoms with van der Waals surface area (Å²) in [6, 6.07) is 23.3. The molecule has 0 unspecified atom stereocenters. The van der Waals surface area contributed by atoms with Crippen molar-refractivity contribution in [3.05, 3.63) is 95.7 Å². The number of amides is 1. The fourth-order valence-corrected chi connectivity index (χ4v) is 3.64. The maximum atomic E-state index is 12.8. The summed E-state index contributed by atoms with van der Waals surface area (Å²) < 4.78 is 5.51. The van der Waals surface area contributed by atoms with Crippen molar-refractivity contribution in [2.75, 3.05) is 18.5 Å². The van der Waals surface area contributed by atoms with Gasteiger partial charge in [-0.05, 0) is 68.3 Å². The fourth-order valence-electron chi connectivity index (χ4n) is 3.64. The van der Waals surface area contributed by atoms with Crippen molar-refractivity contribution in [3.63, 3.8) is 0 Å². The molecule has 4 aromatic rings. The minimum absolute atomic E-state index is 0.206. The number of fused-ring (bicyclic) bond motifs is 1. The molecule has 6 heteroatoms. The number of benzene rings is 3. The third-order valence-electron chi connectivity index (χ3n) is 5.27. The molecule has 0 spiro atoms. The molecule has 0 aliphatic heterocycles. The van der Waals surface area contributed by atoms with Crippen molar-refractivity contribution < 1.29 is 9.53 Å². The number of H-pyrrole nitrogens is 1. The van der Waals surface area contributed by atoms with Crippen LogP contribution in [0.25, 0.3) is 10.9 Å². The highest BCUT2D eigenvalue weighted by atomic mass is 16.5. The largest absolute Gasteiger partial charge is 0.494 e. The highest BCUT2D eigenvalue weighted by Gasteiger charge is 2.10. The Kier molecular flexibility index (Phi) is 7.05. The molecule has 3 aromatic carbocycles. The van der Waals surface area contributed by atoms with Crippen LogP contribution in [0, 0.1) is 6.92 Å². The minimum Gasteiger partial charge on any atom is -0.494 e. The van der Waals surface area contributed by atoms with Crippen LogP contribution in [0.5, 0.6) is 5.75 Å². The van der Waals surface area contributed by atoms with Gasteiger partial charge in [0.1, 0.15) is 5.75 Å². The quantitative estimate of drug-likeness (QED) is 0.269. The zero-order valence-electron chi connectivity index (χ0n) is 18.9. The van der Waals surface area contributed by atoms with Crippen LogP contribution in [0.1, 0.15) is 28.4 Å². The predicted molar refractivity (Wildman–Crippen MR) is 134 cm³/mol. The summed E-state index contributed by atoms with van der Waals surface area (Å²) in [5.41, 5.74) is 4.73. The number of anilines is 1. The molecule has 0 saturated heterocycles. The monoisotopic (exact) mass is 440 g/mol. The lowest BCUT2D eigenvalue weighted by Gasteiger charge is -2.13. The number of nitrogens with zero attached hydrogens (tertiary/aromatic N) is 1. The van der Waals surface area contributed by atoms with Crippen LogP contribution in [0.4, 0.5) is 5.69 Å². The second-order valence-corrected chi connectivity index (χ2v) is 7.75. The van der Waals surface area contributed by atoms with Crippen LogP contribution in [-0.2, 0) is 6.42 Å². The number of aromatic amines is 1. The average Bonchev–Trinajstić information content (AvgIpc) is 3.23. The van der Waals surface area contributed by atoms with Crippen LogP contribution in [-0.4, -0.2) is 30.0 Å². The number of carbonyl (C=O) groups is 1. The van der Waals surface area contributed by atoms with E-state index in [-0.39, 0.29) is 5.91 Å². The van der Waals surface area contributed by atoms with Crippen LogP contribution in [0.2, 0.25) is 0 Å². The van der Waals surface area contributed by atoms with Gasteiger partial charge in [-0.1, -0.05) is 35.9 Å². The predicted octanol–water partition coefficient (Wildman–Crippen LogP) is 5.32. The number of nitrogens with one attached hydrogen (secondary N) is 3. The number of aromatic nitrogens is 1. The molecule has 0 aliphatic carbocycles. The van der Waals surface area contributed by atoms with E-state index < -0.39 is 0 Å². The van der Waals surface area contributed by atoms with Crippen LogP contribution in [0.3, 0.4) is 0 Å². The van der Waals surface area contributed by atoms with Gasteiger partial charge in [0.2, 0.25) is 5.96 Å². The first-order valence-corrected chi connectivity index (χ1v) is 11.1. The normalized spacial score (nSPS) is 11.4. The van der Waals surface area contributed by atoms with Gasteiger partial charge in [-0.25, -0.2) is 0 Å². The standard InChI is InChI=1S/C27H28N4O2/c1-3-33-23-13-11-22(12-14-23)30-27(31-26(32)20-8-6-7-19(2)17-20)28-16-15-21-18-29-25-10-5-4-9-24(21)25/h4-14,17-18,29H,3,15-16H2,1-2H3,(H2,28,30,31,32). The van der Waals surface area contributed by atoms with Gasteiger partial charge in [-0.2, -0.15) is 0 Å². The van der Waals surface area contributed by atoms with E-state index in [1.54, 1.807) is 6.07 Å². The number of carbonyl (C=O) groups excluding carboxylic acids is 1.